The van der Waals surface area contributed by atoms with Gasteiger partial charge in [0.25, 0.3) is 0 Å². The Morgan fingerprint density at radius 1 is 0.938 bits per heavy atom. The molecule has 0 heterocycles. The molecule has 1 atom stereocenters. The molecule has 32 heavy (non-hydrogen) atoms. The number of carbonyl (C=O) groups is 2. The Kier molecular flexibility index (Phi) is 7.05. The topological polar surface area (TPSA) is 61.8 Å². The summed E-state index contributed by atoms with van der Waals surface area (Å²) in [5.74, 6) is -1.33. The number of carbonyl (C=O) groups excluding carboxylic acids is 2. The van der Waals surface area contributed by atoms with Gasteiger partial charge in [-0.25, -0.2) is 14.0 Å². The van der Waals surface area contributed by atoms with Crippen molar-refractivity contribution in [2.75, 3.05) is 7.11 Å². The van der Waals surface area contributed by atoms with Gasteiger partial charge >= 0.3 is 11.9 Å². The lowest BCUT2D eigenvalue weighted by Gasteiger charge is -2.14. The maximum atomic E-state index is 14.6. The smallest absolute Gasteiger partial charge is 0.343 e. The maximum absolute atomic E-state index is 14.6. The van der Waals surface area contributed by atoms with Gasteiger partial charge in [0.1, 0.15) is 11.9 Å². The first-order valence-corrected chi connectivity index (χ1v) is 9.91. The first-order valence-electron chi connectivity index (χ1n) is 9.91. The second-order valence-electron chi connectivity index (χ2n) is 7.21. The summed E-state index contributed by atoms with van der Waals surface area (Å²) in [6.45, 7) is 6.92. The molecule has 1 unspecified atom stereocenters. The van der Waals surface area contributed by atoms with Crippen molar-refractivity contribution in [1.82, 2.24) is 0 Å². The molecule has 0 spiro atoms. The fraction of sp³-hybridized carbons (Fsp3) is 0.154. The van der Waals surface area contributed by atoms with Crippen LogP contribution in [-0.2, 0) is 9.53 Å². The molecule has 0 aliphatic heterocycles. The van der Waals surface area contributed by atoms with Crippen LogP contribution in [0.5, 0.6) is 11.5 Å². The van der Waals surface area contributed by atoms with E-state index in [1.54, 1.807) is 68.4 Å². The van der Waals surface area contributed by atoms with E-state index in [1.807, 2.05) is 0 Å². The number of hydrogen-bond acceptors (Lipinski definition) is 5. The van der Waals surface area contributed by atoms with Gasteiger partial charge in [-0.15, -0.1) is 0 Å². The SMILES string of the molecule is C=C(C)C(=O)OC(C)c1ccc(-c2ccc(OC(=O)c3ccc(OC)cc3)c(F)c2)cc1. The molecule has 0 aromatic heterocycles. The molecule has 0 fully saturated rings. The average Bonchev–Trinajstić information content (AvgIpc) is 2.80. The highest BCUT2D eigenvalue weighted by atomic mass is 19.1. The van der Waals surface area contributed by atoms with E-state index in [9.17, 15) is 14.0 Å². The Balaban J connectivity index is 1.71. The van der Waals surface area contributed by atoms with Crippen LogP contribution < -0.4 is 9.47 Å². The van der Waals surface area contributed by atoms with Crippen LogP contribution in [0.25, 0.3) is 11.1 Å². The molecular weight excluding hydrogens is 411 g/mol. The van der Waals surface area contributed by atoms with Crippen molar-refractivity contribution in [2.45, 2.75) is 20.0 Å². The van der Waals surface area contributed by atoms with Gasteiger partial charge in [-0.1, -0.05) is 36.9 Å². The Bertz CT molecular complexity index is 1130. The molecular formula is C26H23FO5. The van der Waals surface area contributed by atoms with Gasteiger partial charge < -0.3 is 14.2 Å². The first kappa shape index (κ1) is 22.7. The lowest BCUT2D eigenvalue weighted by molar-refractivity contribution is -0.143. The summed E-state index contributed by atoms with van der Waals surface area (Å²) in [5, 5.41) is 0. The fourth-order valence-electron chi connectivity index (χ4n) is 2.92. The molecule has 0 saturated carbocycles. The van der Waals surface area contributed by atoms with E-state index in [0.717, 1.165) is 11.1 Å². The summed E-state index contributed by atoms with van der Waals surface area (Å²) in [7, 11) is 1.52. The van der Waals surface area contributed by atoms with Crippen LogP contribution in [0.15, 0.2) is 78.9 Å². The van der Waals surface area contributed by atoms with E-state index in [0.29, 0.717) is 16.9 Å². The molecule has 0 aliphatic carbocycles. The van der Waals surface area contributed by atoms with E-state index in [1.165, 1.54) is 19.2 Å². The van der Waals surface area contributed by atoms with Crippen LogP contribution in [0.1, 0.15) is 35.9 Å². The third-order valence-corrected chi connectivity index (χ3v) is 4.81. The molecule has 0 N–H and O–H groups in total. The monoisotopic (exact) mass is 434 g/mol. The van der Waals surface area contributed by atoms with Crippen LogP contribution in [-0.4, -0.2) is 19.0 Å². The summed E-state index contributed by atoms with van der Waals surface area (Å²) in [6, 6.07) is 17.9. The Hall–Kier alpha value is -3.93. The molecule has 3 rings (SSSR count). The highest BCUT2D eigenvalue weighted by molar-refractivity contribution is 5.91. The van der Waals surface area contributed by atoms with E-state index in [4.69, 9.17) is 14.2 Å². The highest BCUT2D eigenvalue weighted by Crippen LogP contribution is 2.28. The molecule has 3 aromatic carbocycles. The second-order valence-corrected chi connectivity index (χ2v) is 7.21. The molecule has 3 aromatic rings. The number of ether oxygens (including phenoxy) is 3. The lowest BCUT2D eigenvalue weighted by atomic mass is 10.0. The number of benzene rings is 3. The first-order chi connectivity index (χ1) is 15.3. The number of halogens is 1. The standard InChI is InChI=1S/C26H23FO5/c1-16(2)25(28)31-17(3)18-5-7-19(8-6-18)21-11-14-24(23(27)15-21)32-26(29)20-9-12-22(30-4)13-10-20/h5-15,17H,1H2,2-4H3. The van der Waals surface area contributed by atoms with Gasteiger partial charge in [-0.05, 0) is 66.9 Å². The predicted octanol–water partition coefficient (Wildman–Crippen LogP) is 5.90. The van der Waals surface area contributed by atoms with Gasteiger partial charge in [0.15, 0.2) is 11.6 Å². The second kappa shape index (κ2) is 9.92. The minimum absolute atomic E-state index is 0.161. The van der Waals surface area contributed by atoms with E-state index in [2.05, 4.69) is 6.58 Å². The molecule has 164 valence electrons. The zero-order valence-corrected chi connectivity index (χ0v) is 18.1. The number of methoxy groups -OCH3 is 1. The van der Waals surface area contributed by atoms with Crippen LogP contribution in [0.4, 0.5) is 4.39 Å². The Morgan fingerprint density at radius 3 is 2.12 bits per heavy atom. The van der Waals surface area contributed by atoms with Crippen molar-refractivity contribution in [2.24, 2.45) is 0 Å². The van der Waals surface area contributed by atoms with Gasteiger partial charge in [-0.2, -0.15) is 0 Å². The number of rotatable bonds is 7. The van der Waals surface area contributed by atoms with Crippen molar-refractivity contribution in [3.8, 4) is 22.6 Å². The van der Waals surface area contributed by atoms with E-state index < -0.39 is 23.9 Å². The largest absolute Gasteiger partial charge is 0.497 e. The van der Waals surface area contributed by atoms with Crippen LogP contribution in [0, 0.1) is 5.82 Å². The zero-order valence-electron chi connectivity index (χ0n) is 18.1. The van der Waals surface area contributed by atoms with E-state index in [-0.39, 0.29) is 11.3 Å². The number of hydrogen-bond donors (Lipinski definition) is 0. The molecule has 0 aliphatic rings. The van der Waals surface area contributed by atoms with Crippen LogP contribution >= 0.6 is 0 Å². The fourth-order valence-corrected chi connectivity index (χ4v) is 2.92. The average molecular weight is 434 g/mol. The molecule has 6 heteroatoms. The third-order valence-electron chi connectivity index (χ3n) is 4.81. The van der Waals surface area contributed by atoms with Crippen molar-refractivity contribution in [1.29, 1.82) is 0 Å². The molecule has 0 amide bonds. The Morgan fingerprint density at radius 2 is 1.56 bits per heavy atom. The van der Waals surface area contributed by atoms with Crippen molar-refractivity contribution in [3.05, 3.63) is 95.8 Å². The van der Waals surface area contributed by atoms with Crippen LogP contribution in [0.3, 0.4) is 0 Å². The minimum atomic E-state index is -0.665. The lowest BCUT2D eigenvalue weighted by Crippen LogP contribution is -2.09. The van der Waals surface area contributed by atoms with Gasteiger partial charge in [0.05, 0.1) is 12.7 Å². The predicted molar refractivity (Wildman–Crippen MR) is 119 cm³/mol. The summed E-state index contributed by atoms with van der Waals surface area (Å²) in [5.41, 5.74) is 2.79. The number of esters is 2. The maximum Gasteiger partial charge on any atom is 0.343 e. The van der Waals surface area contributed by atoms with Crippen molar-refractivity contribution < 1.29 is 28.2 Å². The highest BCUT2D eigenvalue weighted by Gasteiger charge is 2.15. The zero-order chi connectivity index (χ0) is 23.3. The van der Waals surface area contributed by atoms with Gasteiger partial charge in [-0.3, -0.25) is 0 Å². The normalized spacial score (nSPS) is 11.4. The van der Waals surface area contributed by atoms with Gasteiger partial charge in [0.2, 0.25) is 0 Å². The summed E-state index contributed by atoms with van der Waals surface area (Å²) < 4.78 is 30.1. The summed E-state index contributed by atoms with van der Waals surface area (Å²) in [4.78, 5) is 23.9. The molecule has 0 bridgehead atoms. The molecule has 0 saturated heterocycles. The van der Waals surface area contributed by atoms with Crippen molar-refractivity contribution in [3.63, 3.8) is 0 Å². The molecule has 5 nitrogen and oxygen atoms in total. The molecule has 0 radical (unpaired) electrons. The summed E-state index contributed by atoms with van der Waals surface area (Å²) >= 11 is 0. The van der Waals surface area contributed by atoms with Crippen LogP contribution in [0.2, 0.25) is 0 Å². The quantitative estimate of drug-likeness (QED) is 0.263. The summed E-state index contributed by atoms with van der Waals surface area (Å²) in [6.07, 6.45) is -0.440. The Labute approximate surface area is 186 Å². The van der Waals surface area contributed by atoms with Gasteiger partial charge in [0, 0.05) is 5.57 Å². The third kappa shape index (κ3) is 5.40. The minimum Gasteiger partial charge on any atom is -0.497 e. The van der Waals surface area contributed by atoms with E-state index >= 15 is 0 Å². The van der Waals surface area contributed by atoms with Crippen molar-refractivity contribution >= 4 is 11.9 Å².